The molecule has 0 atom stereocenters. The zero-order valence-corrected chi connectivity index (χ0v) is 34.1. The summed E-state index contributed by atoms with van der Waals surface area (Å²) in [5.41, 5.74) is 0.402. The fraction of sp³-hybridized carbons (Fsp3) is 0.638. The molecule has 0 unspecified atom stereocenters. The standard InChI is InChI=1S/C47H74O7/c1-3-5-7-9-11-13-15-17-19-21-23-25-27-29-31-33-46(49)53-37-35-51-44-39-43(42-48)40-45(41-44)52-36-38-54-47(50)34-32-30-28-26-24-22-20-18-16-14-12-10-8-6-4-2/h11-14,17-20,39-42H,3-10,15-16,21-38H2,1-2H3. The summed E-state index contributed by atoms with van der Waals surface area (Å²) in [7, 11) is 0. The van der Waals surface area contributed by atoms with Crippen LogP contribution in [0, 0.1) is 0 Å². The van der Waals surface area contributed by atoms with Crippen LogP contribution in [-0.4, -0.2) is 44.7 Å². The molecular formula is C47H74O7. The van der Waals surface area contributed by atoms with Crippen molar-refractivity contribution >= 4 is 18.2 Å². The molecule has 7 nitrogen and oxygen atoms in total. The molecule has 0 aliphatic heterocycles. The van der Waals surface area contributed by atoms with Gasteiger partial charge in [-0.2, -0.15) is 0 Å². The SMILES string of the molecule is CCCCCC=CCC=CCCCCCCCC(=O)OCCOc1cc(C=O)cc(OCCOC(=O)CCCCCCCC=CCC=CCCCCC)c1. The van der Waals surface area contributed by atoms with E-state index < -0.39 is 0 Å². The van der Waals surface area contributed by atoms with Gasteiger partial charge < -0.3 is 18.9 Å². The maximum absolute atomic E-state index is 12.1. The molecule has 0 aromatic heterocycles. The van der Waals surface area contributed by atoms with Gasteiger partial charge >= 0.3 is 11.9 Å². The molecule has 1 aromatic rings. The van der Waals surface area contributed by atoms with Crippen molar-refractivity contribution in [3.63, 3.8) is 0 Å². The first-order chi connectivity index (χ1) is 26.6. The molecule has 0 aliphatic rings. The van der Waals surface area contributed by atoms with E-state index in [0.29, 0.717) is 29.9 Å². The first-order valence-corrected chi connectivity index (χ1v) is 21.4. The lowest BCUT2D eigenvalue weighted by atomic mass is 10.1. The summed E-state index contributed by atoms with van der Waals surface area (Å²) in [4.78, 5) is 35.7. The highest BCUT2D eigenvalue weighted by molar-refractivity contribution is 5.76. The Kier molecular flexibility index (Phi) is 33.8. The number of esters is 2. The van der Waals surface area contributed by atoms with Crippen LogP contribution in [-0.2, 0) is 19.1 Å². The van der Waals surface area contributed by atoms with Crippen LogP contribution in [0.25, 0.3) is 0 Å². The highest BCUT2D eigenvalue weighted by Crippen LogP contribution is 2.22. The highest BCUT2D eigenvalue weighted by Gasteiger charge is 2.07. The lowest BCUT2D eigenvalue weighted by Gasteiger charge is -2.11. The van der Waals surface area contributed by atoms with E-state index in [-0.39, 0.29) is 38.4 Å². The Bertz CT molecular complexity index is 1100. The Morgan fingerprint density at radius 3 is 1.22 bits per heavy atom. The first-order valence-electron chi connectivity index (χ1n) is 21.4. The van der Waals surface area contributed by atoms with Crippen molar-refractivity contribution in [2.75, 3.05) is 26.4 Å². The minimum absolute atomic E-state index is 0.130. The zero-order valence-electron chi connectivity index (χ0n) is 34.1. The molecule has 0 fully saturated rings. The van der Waals surface area contributed by atoms with E-state index in [0.717, 1.165) is 70.5 Å². The molecule has 7 heteroatoms. The van der Waals surface area contributed by atoms with Gasteiger partial charge in [0.05, 0.1) is 0 Å². The van der Waals surface area contributed by atoms with Crippen LogP contribution in [0.1, 0.15) is 178 Å². The molecule has 1 aromatic carbocycles. The Hall–Kier alpha value is -3.61. The Morgan fingerprint density at radius 1 is 0.463 bits per heavy atom. The van der Waals surface area contributed by atoms with Crippen LogP contribution >= 0.6 is 0 Å². The molecule has 0 heterocycles. The molecule has 0 amide bonds. The number of ether oxygens (including phenoxy) is 4. The van der Waals surface area contributed by atoms with E-state index >= 15 is 0 Å². The second-order valence-electron chi connectivity index (χ2n) is 14.0. The number of hydrogen-bond acceptors (Lipinski definition) is 7. The average molecular weight is 751 g/mol. The average Bonchev–Trinajstić information content (AvgIpc) is 3.18. The smallest absolute Gasteiger partial charge is 0.305 e. The predicted molar refractivity (Wildman–Crippen MR) is 223 cm³/mol. The van der Waals surface area contributed by atoms with Crippen molar-refractivity contribution in [1.29, 1.82) is 0 Å². The summed E-state index contributed by atoms with van der Waals surface area (Å²) in [6, 6.07) is 4.88. The number of unbranched alkanes of at least 4 members (excludes halogenated alkanes) is 16. The number of carbonyl (C=O) groups excluding carboxylic acids is 3. The van der Waals surface area contributed by atoms with Gasteiger partial charge in [-0.05, 0) is 89.2 Å². The predicted octanol–water partition coefficient (Wildman–Crippen LogP) is 13.0. The largest absolute Gasteiger partial charge is 0.490 e. The molecule has 54 heavy (non-hydrogen) atoms. The third-order valence-electron chi connectivity index (χ3n) is 8.93. The van der Waals surface area contributed by atoms with E-state index in [2.05, 4.69) is 62.5 Å². The summed E-state index contributed by atoms with van der Waals surface area (Å²) < 4.78 is 22.1. The minimum Gasteiger partial charge on any atom is -0.490 e. The van der Waals surface area contributed by atoms with Gasteiger partial charge in [-0.3, -0.25) is 14.4 Å². The molecule has 0 saturated carbocycles. The summed E-state index contributed by atoms with van der Waals surface area (Å²) in [5, 5.41) is 0. The topological polar surface area (TPSA) is 88.1 Å². The highest BCUT2D eigenvalue weighted by atomic mass is 16.6. The van der Waals surface area contributed by atoms with Gasteiger partial charge in [-0.25, -0.2) is 0 Å². The van der Waals surface area contributed by atoms with Crippen LogP contribution in [0.15, 0.2) is 66.8 Å². The van der Waals surface area contributed by atoms with Crippen LogP contribution in [0.2, 0.25) is 0 Å². The molecular weight excluding hydrogens is 677 g/mol. The van der Waals surface area contributed by atoms with Gasteiger partial charge in [0.1, 0.15) is 44.2 Å². The van der Waals surface area contributed by atoms with E-state index in [4.69, 9.17) is 18.9 Å². The van der Waals surface area contributed by atoms with Crippen molar-refractivity contribution in [1.82, 2.24) is 0 Å². The van der Waals surface area contributed by atoms with Gasteiger partial charge in [0.25, 0.3) is 0 Å². The van der Waals surface area contributed by atoms with E-state index in [9.17, 15) is 14.4 Å². The normalized spacial score (nSPS) is 11.7. The number of carbonyl (C=O) groups is 3. The quantitative estimate of drug-likeness (QED) is 0.0289. The summed E-state index contributed by atoms with van der Waals surface area (Å²) in [6.45, 7) is 5.06. The van der Waals surface area contributed by atoms with Crippen molar-refractivity contribution < 1.29 is 33.3 Å². The van der Waals surface area contributed by atoms with E-state index in [1.54, 1.807) is 18.2 Å². The number of benzene rings is 1. The van der Waals surface area contributed by atoms with Gasteiger partial charge in [0.15, 0.2) is 0 Å². The van der Waals surface area contributed by atoms with Gasteiger partial charge in [0.2, 0.25) is 0 Å². The van der Waals surface area contributed by atoms with Crippen molar-refractivity contribution in [3.8, 4) is 11.5 Å². The molecule has 0 radical (unpaired) electrons. The lowest BCUT2D eigenvalue weighted by Crippen LogP contribution is -2.13. The number of aldehydes is 1. The van der Waals surface area contributed by atoms with Gasteiger partial charge in [-0.1, -0.05) is 127 Å². The molecule has 0 saturated heterocycles. The Morgan fingerprint density at radius 2 is 0.833 bits per heavy atom. The number of rotatable bonds is 37. The molecule has 0 spiro atoms. The van der Waals surface area contributed by atoms with Crippen molar-refractivity contribution in [3.05, 3.63) is 72.4 Å². The molecule has 0 N–H and O–H groups in total. The van der Waals surface area contributed by atoms with Crippen molar-refractivity contribution in [2.24, 2.45) is 0 Å². The fourth-order valence-electron chi connectivity index (χ4n) is 5.76. The fourth-order valence-corrected chi connectivity index (χ4v) is 5.76. The first kappa shape index (κ1) is 48.4. The van der Waals surface area contributed by atoms with E-state index in [1.165, 1.54) is 77.0 Å². The summed E-state index contributed by atoms with van der Waals surface area (Å²) in [5.74, 6) is 0.440. The second-order valence-corrected chi connectivity index (χ2v) is 14.0. The third-order valence-corrected chi connectivity index (χ3v) is 8.93. The van der Waals surface area contributed by atoms with E-state index in [1.807, 2.05) is 0 Å². The minimum atomic E-state index is -0.222. The maximum Gasteiger partial charge on any atom is 0.305 e. The van der Waals surface area contributed by atoms with Crippen LogP contribution in [0.3, 0.4) is 0 Å². The maximum atomic E-state index is 12.1. The molecule has 1 rings (SSSR count). The van der Waals surface area contributed by atoms with Crippen LogP contribution < -0.4 is 9.47 Å². The van der Waals surface area contributed by atoms with Crippen molar-refractivity contribution in [2.45, 2.75) is 168 Å². The Labute approximate surface area is 329 Å². The van der Waals surface area contributed by atoms with Crippen LogP contribution in [0.5, 0.6) is 11.5 Å². The second kappa shape index (κ2) is 37.7. The molecule has 304 valence electrons. The lowest BCUT2D eigenvalue weighted by molar-refractivity contribution is -0.145. The molecule has 0 aliphatic carbocycles. The number of allylic oxidation sites excluding steroid dienone is 8. The summed E-state index contributed by atoms with van der Waals surface area (Å²) >= 11 is 0. The third kappa shape index (κ3) is 31.9. The number of hydrogen-bond donors (Lipinski definition) is 0. The van der Waals surface area contributed by atoms with Gasteiger partial charge in [0, 0.05) is 24.5 Å². The van der Waals surface area contributed by atoms with Gasteiger partial charge in [-0.15, -0.1) is 0 Å². The summed E-state index contributed by atoms with van der Waals surface area (Å²) in [6.07, 6.45) is 44.8. The zero-order chi connectivity index (χ0) is 39.0. The van der Waals surface area contributed by atoms with Crippen LogP contribution in [0.4, 0.5) is 0 Å². The molecule has 0 bridgehead atoms. The Balaban J connectivity index is 2.07. The monoisotopic (exact) mass is 751 g/mol.